The van der Waals surface area contributed by atoms with Gasteiger partial charge in [0, 0.05) is 18.5 Å². The van der Waals surface area contributed by atoms with Crippen molar-refractivity contribution in [2.75, 3.05) is 27.2 Å². The maximum atomic E-state index is 12.7. The van der Waals surface area contributed by atoms with E-state index in [4.69, 9.17) is 4.74 Å². The maximum Gasteiger partial charge on any atom is 0.226 e. The second kappa shape index (κ2) is 7.92. The first-order chi connectivity index (χ1) is 12.5. The Morgan fingerprint density at radius 1 is 1.12 bits per heavy atom. The minimum absolute atomic E-state index is 0.0460. The molecule has 0 bridgehead atoms. The predicted molar refractivity (Wildman–Crippen MR) is 105 cm³/mol. The quantitative estimate of drug-likeness (QED) is 0.861. The summed E-state index contributed by atoms with van der Waals surface area (Å²) in [4.78, 5) is 14.6. The van der Waals surface area contributed by atoms with E-state index >= 15 is 0 Å². The molecule has 1 saturated heterocycles. The molecule has 2 aromatic carbocycles. The van der Waals surface area contributed by atoms with E-state index in [-0.39, 0.29) is 17.9 Å². The Labute approximate surface area is 156 Å². The van der Waals surface area contributed by atoms with E-state index in [1.165, 1.54) is 0 Å². The molecule has 26 heavy (non-hydrogen) atoms. The SMILES string of the molecule is COc1ccccc1-c1ccc(C(C)N(C)C(=O)C(C)C2CNC2)cc1. The second-order valence-electron chi connectivity index (χ2n) is 7.15. The van der Waals surface area contributed by atoms with Crippen LogP contribution in [-0.2, 0) is 4.79 Å². The molecule has 3 rings (SSSR count). The first kappa shape index (κ1) is 18.5. The van der Waals surface area contributed by atoms with Gasteiger partial charge in [0.2, 0.25) is 5.91 Å². The van der Waals surface area contributed by atoms with E-state index < -0.39 is 0 Å². The molecular weight excluding hydrogens is 324 g/mol. The summed E-state index contributed by atoms with van der Waals surface area (Å²) in [5.74, 6) is 1.61. The molecule has 0 spiro atoms. The van der Waals surface area contributed by atoms with Crippen molar-refractivity contribution in [3.63, 3.8) is 0 Å². The Hall–Kier alpha value is -2.33. The van der Waals surface area contributed by atoms with E-state index in [9.17, 15) is 4.79 Å². The minimum Gasteiger partial charge on any atom is -0.496 e. The topological polar surface area (TPSA) is 41.6 Å². The molecule has 2 unspecified atom stereocenters. The number of hydrogen-bond donors (Lipinski definition) is 1. The van der Waals surface area contributed by atoms with E-state index in [0.29, 0.717) is 5.92 Å². The zero-order chi connectivity index (χ0) is 18.7. The Balaban J connectivity index is 1.74. The van der Waals surface area contributed by atoms with Crippen molar-refractivity contribution in [1.29, 1.82) is 0 Å². The molecule has 1 fully saturated rings. The van der Waals surface area contributed by atoms with Crippen LogP contribution >= 0.6 is 0 Å². The van der Waals surface area contributed by atoms with Gasteiger partial charge in [0.15, 0.2) is 0 Å². The fourth-order valence-corrected chi connectivity index (χ4v) is 3.43. The summed E-state index contributed by atoms with van der Waals surface area (Å²) in [6, 6.07) is 16.5. The third kappa shape index (κ3) is 3.61. The molecule has 138 valence electrons. The second-order valence-corrected chi connectivity index (χ2v) is 7.15. The summed E-state index contributed by atoms with van der Waals surface area (Å²) < 4.78 is 5.45. The number of ether oxygens (including phenoxy) is 1. The van der Waals surface area contributed by atoms with Gasteiger partial charge in [0.25, 0.3) is 0 Å². The van der Waals surface area contributed by atoms with Gasteiger partial charge >= 0.3 is 0 Å². The van der Waals surface area contributed by atoms with Crippen LogP contribution in [0.25, 0.3) is 11.1 Å². The molecule has 0 aliphatic carbocycles. The van der Waals surface area contributed by atoms with Crippen molar-refractivity contribution in [3.05, 3.63) is 54.1 Å². The molecule has 1 N–H and O–H groups in total. The van der Waals surface area contributed by atoms with Crippen LogP contribution in [0.5, 0.6) is 5.75 Å². The van der Waals surface area contributed by atoms with Gasteiger partial charge in [-0.05, 0) is 43.1 Å². The maximum absolute atomic E-state index is 12.7. The molecule has 2 aromatic rings. The number of para-hydroxylation sites is 1. The van der Waals surface area contributed by atoms with E-state index in [1.807, 2.05) is 37.1 Å². The van der Waals surface area contributed by atoms with Gasteiger partial charge in [-0.15, -0.1) is 0 Å². The Bertz CT molecular complexity index is 753. The number of amides is 1. The van der Waals surface area contributed by atoms with Gasteiger partial charge in [-0.2, -0.15) is 0 Å². The summed E-state index contributed by atoms with van der Waals surface area (Å²) >= 11 is 0. The van der Waals surface area contributed by atoms with E-state index in [2.05, 4.69) is 42.6 Å². The largest absolute Gasteiger partial charge is 0.496 e. The number of nitrogens with one attached hydrogen (secondary N) is 1. The first-order valence-electron chi connectivity index (χ1n) is 9.23. The van der Waals surface area contributed by atoms with Gasteiger partial charge in [-0.3, -0.25) is 4.79 Å². The highest BCUT2D eigenvalue weighted by Crippen LogP contribution is 2.31. The molecule has 1 heterocycles. The van der Waals surface area contributed by atoms with Gasteiger partial charge in [-0.1, -0.05) is 49.4 Å². The summed E-state index contributed by atoms with van der Waals surface area (Å²) in [5.41, 5.74) is 3.32. The Kier molecular flexibility index (Phi) is 5.62. The summed E-state index contributed by atoms with van der Waals surface area (Å²) in [7, 11) is 3.60. The van der Waals surface area contributed by atoms with Gasteiger partial charge in [-0.25, -0.2) is 0 Å². The molecule has 4 heteroatoms. The highest BCUT2D eigenvalue weighted by molar-refractivity contribution is 5.79. The lowest BCUT2D eigenvalue weighted by atomic mass is 9.87. The average molecular weight is 352 g/mol. The van der Waals surface area contributed by atoms with Crippen LogP contribution in [0.1, 0.15) is 25.5 Å². The Morgan fingerprint density at radius 3 is 2.35 bits per heavy atom. The van der Waals surface area contributed by atoms with Crippen LogP contribution < -0.4 is 10.1 Å². The van der Waals surface area contributed by atoms with Crippen molar-refractivity contribution >= 4 is 5.91 Å². The van der Waals surface area contributed by atoms with Crippen LogP contribution in [0.2, 0.25) is 0 Å². The normalized spacial score (nSPS) is 16.5. The van der Waals surface area contributed by atoms with Crippen LogP contribution in [0.4, 0.5) is 0 Å². The minimum atomic E-state index is 0.0460. The van der Waals surface area contributed by atoms with Crippen molar-refractivity contribution in [2.45, 2.75) is 19.9 Å². The summed E-state index contributed by atoms with van der Waals surface area (Å²) in [6.07, 6.45) is 0. The highest BCUT2D eigenvalue weighted by Gasteiger charge is 2.32. The smallest absolute Gasteiger partial charge is 0.226 e. The van der Waals surface area contributed by atoms with Gasteiger partial charge in [0.05, 0.1) is 13.2 Å². The molecule has 2 atom stereocenters. The van der Waals surface area contributed by atoms with Crippen molar-refractivity contribution in [1.82, 2.24) is 10.2 Å². The fraction of sp³-hybridized carbons (Fsp3) is 0.409. The van der Waals surface area contributed by atoms with Crippen LogP contribution in [0.15, 0.2) is 48.5 Å². The standard InChI is InChI=1S/C22H28N2O2/c1-15(19-13-23-14-19)22(25)24(3)16(2)17-9-11-18(12-10-17)20-7-5-6-8-21(20)26-4/h5-12,15-16,19,23H,13-14H2,1-4H3. The number of benzene rings is 2. The van der Waals surface area contributed by atoms with E-state index in [0.717, 1.165) is 35.5 Å². The lowest BCUT2D eigenvalue weighted by Crippen LogP contribution is -2.50. The number of rotatable bonds is 6. The highest BCUT2D eigenvalue weighted by atomic mass is 16.5. The average Bonchev–Trinajstić information content (AvgIpc) is 2.64. The zero-order valence-electron chi connectivity index (χ0n) is 16.0. The number of hydrogen-bond acceptors (Lipinski definition) is 3. The number of nitrogens with zero attached hydrogens (tertiary/aromatic N) is 1. The Morgan fingerprint density at radius 2 is 1.77 bits per heavy atom. The lowest BCUT2D eigenvalue weighted by molar-refractivity contribution is -0.138. The summed E-state index contributed by atoms with van der Waals surface area (Å²) in [6.45, 7) is 6.02. The van der Waals surface area contributed by atoms with Crippen molar-refractivity contribution in [3.8, 4) is 16.9 Å². The lowest BCUT2D eigenvalue weighted by Gasteiger charge is -2.36. The van der Waals surface area contributed by atoms with Gasteiger partial charge < -0.3 is 15.0 Å². The molecular formula is C22H28N2O2. The predicted octanol–water partition coefficient (Wildman–Crippen LogP) is 3.74. The fourth-order valence-electron chi connectivity index (χ4n) is 3.43. The van der Waals surface area contributed by atoms with Gasteiger partial charge in [0.1, 0.15) is 5.75 Å². The third-order valence-corrected chi connectivity index (χ3v) is 5.65. The molecule has 0 saturated carbocycles. The third-order valence-electron chi connectivity index (χ3n) is 5.65. The van der Waals surface area contributed by atoms with Crippen molar-refractivity contribution in [2.24, 2.45) is 11.8 Å². The molecule has 0 aromatic heterocycles. The van der Waals surface area contributed by atoms with E-state index in [1.54, 1.807) is 7.11 Å². The molecule has 4 nitrogen and oxygen atoms in total. The number of methoxy groups -OCH3 is 1. The number of carbonyl (C=O) groups is 1. The monoisotopic (exact) mass is 352 g/mol. The molecule has 1 aliphatic heterocycles. The molecule has 0 radical (unpaired) electrons. The first-order valence-corrected chi connectivity index (χ1v) is 9.23. The van der Waals surface area contributed by atoms with Crippen molar-refractivity contribution < 1.29 is 9.53 Å². The number of carbonyl (C=O) groups excluding carboxylic acids is 1. The summed E-state index contributed by atoms with van der Waals surface area (Å²) in [5, 5.41) is 3.25. The zero-order valence-corrected chi connectivity index (χ0v) is 16.0. The van der Waals surface area contributed by atoms with Crippen LogP contribution in [0.3, 0.4) is 0 Å². The molecule has 1 aliphatic rings. The molecule has 1 amide bonds. The van der Waals surface area contributed by atoms with Crippen LogP contribution in [0, 0.1) is 11.8 Å². The van der Waals surface area contributed by atoms with Crippen LogP contribution in [-0.4, -0.2) is 38.1 Å².